The van der Waals surface area contributed by atoms with E-state index in [0.29, 0.717) is 19.7 Å². The van der Waals surface area contributed by atoms with E-state index in [4.69, 9.17) is 9.47 Å². The average molecular weight is 363 g/mol. The fraction of sp³-hybridized carbons (Fsp3) is 0.500. The van der Waals surface area contributed by atoms with Crippen molar-refractivity contribution in [2.75, 3.05) is 26.9 Å². The first kappa shape index (κ1) is 19.7. The molecule has 1 aromatic carbocycles. The van der Waals surface area contributed by atoms with E-state index in [2.05, 4.69) is 5.32 Å². The summed E-state index contributed by atoms with van der Waals surface area (Å²) in [6.45, 7) is 3.25. The molecule has 8 nitrogen and oxygen atoms in total. The predicted octanol–water partition coefficient (Wildman–Crippen LogP) is 0.909. The summed E-state index contributed by atoms with van der Waals surface area (Å²) < 4.78 is 13.0. The molecule has 8 heteroatoms. The third-order valence-corrected chi connectivity index (χ3v) is 3.90. The van der Waals surface area contributed by atoms with Crippen LogP contribution in [0.5, 0.6) is 0 Å². The molecule has 1 N–H and O–H groups in total. The number of carbonyl (C=O) groups excluding carboxylic acids is 2. The fourth-order valence-corrected chi connectivity index (χ4v) is 2.69. The van der Waals surface area contributed by atoms with Crippen LogP contribution in [0.4, 0.5) is 0 Å². The van der Waals surface area contributed by atoms with Crippen molar-refractivity contribution in [1.29, 1.82) is 0 Å². The normalized spacial score (nSPS) is 10.8. The smallest absolute Gasteiger partial charge is 0.329 e. The Balaban J connectivity index is 1.95. The van der Waals surface area contributed by atoms with E-state index in [1.165, 1.54) is 7.11 Å². The molecule has 0 fully saturated rings. The predicted molar refractivity (Wildman–Crippen MR) is 97.0 cm³/mol. The molecule has 0 atom stereocenters. The molecule has 0 spiro atoms. The minimum atomic E-state index is -0.522. The van der Waals surface area contributed by atoms with Gasteiger partial charge in [-0.25, -0.2) is 4.79 Å². The Morgan fingerprint density at radius 3 is 2.38 bits per heavy atom. The Morgan fingerprint density at radius 1 is 1.12 bits per heavy atom. The lowest BCUT2D eigenvalue weighted by molar-refractivity contribution is -0.148. The lowest BCUT2D eigenvalue weighted by Gasteiger charge is -2.06. The average Bonchev–Trinajstić information content (AvgIpc) is 2.90. The Labute approximate surface area is 151 Å². The maximum Gasteiger partial charge on any atom is 0.329 e. The molecular formula is C18H25N3O5. The second-order valence-electron chi connectivity index (χ2n) is 5.83. The van der Waals surface area contributed by atoms with Crippen molar-refractivity contribution in [3.8, 4) is 0 Å². The van der Waals surface area contributed by atoms with E-state index >= 15 is 0 Å². The number of methoxy groups -OCH3 is 1. The molecule has 142 valence electrons. The molecular weight excluding hydrogens is 338 g/mol. The molecule has 1 heterocycles. The second kappa shape index (κ2) is 9.76. The Kier molecular flexibility index (Phi) is 7.40. The zero-order valence-electron chi connectivity index (χ0n) is 15.2. The van der Waals surface area contributed by atoms with Crippen LogP contribution in [0.1, 0.15) is 19.8 Å². The van der Waals surface area contributed by atoms with Crippen molar-refractivity contribution >= 4 is 22.9 Å². The number of amides is 1. The molecule has 2 aromatic rings. The number of para-hydroxylation sites is 2. The Morgan fingerprint density at radius 2 is 1.77 bits per heavy atom. The topological polar surface area (TPSA) is 91.6 Å². The Hall–Kier alpha value is -2.61. The number of ether oxygens (including phenoxy) is 2. The van der Waals surface area contributed by atoms with E-state index in [-0.39, 0.29) is 31.2 Å². The maximum atomic E-state index is 12.6. The van der Waals surface area contributed by atoms with Gasteiger partial charge < -0.3 is 14.8 Å². The molecule has 0 aliphatic heterocycles. The van der Waals surface area contributed by atoms with E-state index < -0.39 is 5.97 Å². The van der Waals surface area contributed by atoms with Crippen molar-refractivity contribution in [3.05, 3.63) is 34.7 Å². The molecule has 1 amide bonds. The van der Waals surface area contributed by atoms with Gasteiger partial charge in [-0.2, -0.15) is 0 Å². The van der Waals surface area contributed by atoms with Crippen LogP contribution in [0, 0.1) is 0 Å². The number of aryl methyl sites for hydroxylation is 2. The van der Waals surface area contributed by atoms with Crippen LogP contribution in [-0.2, 0) is 32.2 Å². The second-order valence-corrected chi connectivity index (χ2v) is 5.83. The summed E-state index contributed by atoms with van der Waals surface area (Å²) >= 11 is 0. The summed E-state index contributed by atoms with van der Waals surface area (Å²) in [6.07, 6.45) is 0.861. The van der Waals surface area contributed by atoms with Crippen molar-refractivity contribution < 1.29 is 19.1 Å². The standard InChI is InChI=1S/C18H25N3O5/c1-3-10-20-14-6-4-5-7-15(14)21(18(20)24)11-8-17(23)26-13-16(22)19-9-12-25-2/h4-7H,3,8-13H2,1-2H3,(H,19,22). The van der Waals surface area contributed by atoms with Crippen LogP contribution in [0.3, 0.4) is 0 Å². The van der Waals surface area contributed by atoms with Gasteiger partial charge in [0.1, 0.15) is 0 Å². The summed E-state index contributed by atoms with van der Waals surface area (Å²) in [4.78, 5) is 36.0. The number of hydrogen-bond donors (Lipinski definition) is 1. The number of fused-ring (bicyclic) bond motifs is 1. The highest BCUT2D eigenvalue weighted by atomic mass is 16.5. The van der Waals surface area contributed by atoms with E-state index in [1.807, 2.05) is 31.2 Å². The zero-order valence-corrected chi connectivity index (χ0v) is 15.2. The van der Waals surface area contributed by atoms with Crippen LogP contribution in [0.25, 0.3) is 11.0 Å². The minimum absolute atomic E-state index is 0.0192. The number of benzene rings is 1. The summed E-state index contributed by atoms with van der Waals surface area (Å²) in [6, 6.07) is 7.50. The van der Waals surface area contributed by atoms with Crippen LogP contribution in [-0.4, -0.2) is 47.9 Å². The van der Waals surface area contributed by atoms with Crippen LogP contribution < -0.4 is 11.0 Å². The molecule has 0 unspecified atom stereocenters. The van der Waals surface area contributed by atoms with Gasteiger partial charge in [-0.15, -0.1) is 0 Å². The molecule has 0 saturated carbocycles. The molecule has 0 bridgehead atoms. The first-order valence-electron chi connectivity index (χ1n) is 8.67. The number of rotatable bonds is 10. The van der Waals surface area contributed by atoms with Crippen molar-refractivity contribution in [2.45, 2.75) is 32.9 Å². The summed E-state index contributed by atoms with van der Waals surface area (Å²) in [5, 5.41) is 2.56. The molecule has 0 radical (unpaired) electrons. The molecule has 0 aliphatic rings. The number of esters is 1. The summed E-state index contributed by atoms with van der Waals surface area (Å²) in [7, 11) is 1.53. The molecule has 0 aliphatic carbocycles. The lowest BCUT2D eigenvalue weighted by atomic mass is 10.3. The number of nitrogens with zero attached hydrogens (tertiary/aromatic N) is 2. The summed E-state index contributed by atoms with van der Waals surface area (Å²) in [5.74, 6) is -0.904. The molecule has 0 saturated heterocycles. The number of nitrogens with one attached hydrogen (secondary N) is 1. The van der Waals surface area contributed by atoms with Gasteiger partial charge in [-0.05, 0) is 18.6 Å². The van der Waals surface area contributed by atoms with Gasteiger partial charge in [-0.1, -0.05) is 19.1 Å². The maximum absolute atomic E-state index is 12.6. The van der Waals surface area contributed by atoms with Crippen LogP contribution in [0.2, 0.25) is 0 Å². The molecule has 2 rings (SSSR count). The highest BCUT2D eigenvalue weighted by Gasteiger charge is 2.14. The highest BCUT2D eigenvalue weighted by Crippen LogP contribution is 2.13. The van der Waals surface area contributed by atoms with Crippen LogP contribution >= 0.6 is 0 Å². The van der Waals surface area contributed by atoms with Crippen molar-refractivity contribution in [1.82, 2.24) is 14.5 Å². The van der Waals surface area contributed by atoms with E-state index in [0.717, 1.165) is 17.5 Å². The number of aromatic nitrogens is 2. The van der Waals surface area contributed by atoms with Gasteiger partial charge >= 0.3 is 11.7 Å². The van der Waals surface area contributed by atoms with Gasteiger partial charge in [0.2, 0.25) is 0 Å². The number of imidazole rings is 1. The third-order valence-electron chi connectivity index (χ3n) is 3.90. The fourth-order valence-electron chi connectivity index (χ4n) is 2.69. The van der Waals surface area contributed by atoms with Crippen molar-refractivity contribution in [2.24, 2.45) is 0 Å². The molecule has 26 heavy (non-hydrogen) atoms. The van der Waals surface area contributed by atoms with Gasteiger partial charge in [0, 0.05) is 26.7 Å². The molecule has 1 aromatic heterocycles. The number of hydrogen-bond acceptors (Lipinski definition) is 5. The van der Waals surface area contributed by atoms with Crippen molar-refractivity contribution in [3.63, 3.8) is 0 Å². The lowest BCUT2D eigenvalue weighted by Crippen LogP contribution is -2.31. The van der Waals surface area contributed by atoms with Gasteiger partial charge in [0.25, 0.3) is 5.91 Å². The van der Waals surface area contributed by atoms with Gasteiger partial charge in [0.15, 0.2) is 6.61 Å². The minimum Gasteiger partial charge on any atom is -0.456 e. The highest BCUT2D eigenvalue weighted by molar-refractivity contribution is 5.80. The third kappa shape index (κ3) is 4.95. The van der Waals surface area contributed by atoms with Crippen LogP contribution in [0.15, 0.2) is 29.1 Å². The largest absolute Gasteiger partial charge is 0.456 e. The zero-order chi connectivity index (χ0) is 18.9. The van der Waals surface area contributed by atoms with Gasteiger partial charge in [0.05, 0.1) is 24.1 Å². The summed E-state index contributed by atoms with van der Waals surface area (Å²) in [5.41, 5.74) is 1.50. The monoisotopic (exact) mass is 363 g/mol. The van der Waals surface area contributed by atoms with E-state index in [1.54, 1.807) is 9.13 Å². The first-order valence-corrected chi connectivity index (χ1v) is 8.67. The Bertz CT molecular complexity index is 809. The number of carbonyl (C=O) groups is 2. The first-order chi connectivity index (χ1) is 12.6. The SMILES string of the molecule is CCCn1c(=O)n(CCC(=O)OCC(=O)NCCOC)c2ccccc21. The quantitative estimate of drug-likeness (QED) is 0.500. The van der Waals surface area contributed by atoms with E-state index in [9.17, 15) is 14.4 Å². The van der Waals surface area contributed by atoms with Gasteiger partial charge in [-0.3, -0.25) is 18.7 Å².